The van der Waals surface area contributed by atoms with Gasteiger partial charge in [0.1, 0.15) is 5.82 Å². The molecule has 17 heavy (non-hydrogen) atoms. The lowest BCUT2D eigenvalue weighted by molar-refractivity contribution is 0.0934. The van der Waals surface area contributed by atoms with Gasteiger partial charge in [-0.05, 0) is 19.8 Å². The second-order valence-corrected chi connectivity index (χ2v) is 3.66. The van der Waals surface area contributed by atoms with E-state index in [1.807, 2.05) is 6.92 Å². The Hall–Kier alpha value is -1.43. The molecule has 0 saturated carbocycles. The number of aromatic nitrogens is 3. The number of nitrogens with one attached hydrogen (secondary N) is 2. The van der Waals surface area contributed by atoms with Crippen LogP contribution in [0.5, 0.6) is 0 Å². The van der Waals surface area contributed by atoms with Crippen LogP contribution in [-0.4, -0.2) is 40.8 Å². The van der Waals surface area contributed by atoms with Crippen LogP contribution in [0, 0.1) is 0 Å². The van der Waals surface area contributed by atoms with Gasteiger partial charge in [-0.3, -0.25) is 9.89 Å². The minimum atomic E-state index is -0.236. The Labute approximate surface area is 101 Å². The fourth-order valence-electron chi connectivity index (χ4n) is 1.35. The number of amides is 1. The first-order valence-electron chi connectivity index (χ1n) is 6.05. The average Bonchev–Trinajstić information content (AvgIpc) is 2.78. The van der Waals surface area contributed by atoms with Crippen LogP contribution in [0.3, 0.4) is 0 Å². The van der Waals surface area contributed by atoms with E-state index in [0.717, 1.165) is 25.1 Å². The number of carbonyl (C=O) groups excluding carboxylic acids is 1. The van der Waals surface area contributed by atoms with Crippen LogP contribution in [0.4, 0.5) is 0 Å². The summed E-state index contributed by atoms with van der Waals surface area (Å²) in [7, 11) is 0. The quantitative estimate of drug-likeness (QED) is 0.662. The molecular formula is C11H20N4O2. The molecule has 6 heteroatoms. The SMILES string of the molecule is CCCc1nc(C(=O)NCCCOCC)n[nH]1. The zero-order valence-electron chi connectivity index (χ0n) is 10.5. The lowest BCUT2D eigenvalue weighted by Crippen LogP contribution is -2.26. The summed E-state index contributed by atoms with van der Waals surface area (Å²) in [5.41, 5.74) is 0. The molecule has 1 heterocycles. The zero-order chi connectivity index (χ0) is 12.5. The number of aryl methyl sites for hydroxylation is 1. The summed E-state index contributed by atoms with van der Waals surface area (Å²) in [6, 6.07) is 0. The highest BCUT2D eigenvalue weighted by Gasteiger charge is 2.10. The summed E-state index contributed by atoms with van der Waals surface area (Å²) in [6.45, 7) is 5.94. The van der Waals surface area contributed by atoms with Gasteiger partial charge in [0.15, 0.2) is 0 Å². The number of ether oxygens (including phenoxy) is 1. The highest BCUT2D eigenvalue weighted by atomic mass is 16.5. The molecule has 0 unspecified atom stereocenters. The van der Waals surface area contributed by atoms with Gasteiger partial charge in [0.25, 0.3) is 5.91 Å². The molecule has 0 radical (unpaired) electrons. The third-order valence-electron chi connectivity index (χ3n) is 2.18. The molecule has 0 aromatic carbocycles. The molecule has 0 spiro atoms. The van der Waals surface area contributed by atoms with Crippen molar-refractivity contribution in [3.63, 3.8) is 0 Å². The van der Waals surface area contributed by atoms with Gasteiger partial charge in [0.05, 0.1) is 0 Å². The van der Waals surface area contributed by atoms with E-state index < -0.39 is 0 Å². The minimum Gasteiger partial charge on any atom is -0.382 e. The largest absolute Gasteiger partial charge is 0.382 e. The topological polar surface area (TPSA) is 79.9 Å². The van der Waals surface area contributed by atoms with Gasteiger partial charge in [-0.25, -0.2) is 4.98 Å². The average molecular weight is 240 g/mol. The van der Waals surface area contributed by atoms with E-state index in [9.17, 15) is 4.79 Å². The molecule has 1 aromatic heterocycles. The number of hydrogen-bond acceptors (Lipinski definition) is 4. The monoisotopic (exact) mass is 240 g/mol. The Morgan fingerprint density at radius 2 is 2.29 bits per heavy atom. The van der Waals surface area contributed by atoms with Crippen LogP contribution in [-0.2, 0) is 11.2 Å². The van der Waals surface area contributed by atoms with E-state index in [0.29, 0.717) is 19.8 Å². The number of carbonyl (C=O) groups is 1. The van der Waals surface area contributed by atoms with Gasteiger partial charge in [0, 0.05) is 26.2 Å². The second kappa shape index (κ2) is 7.78. The lowest BCUT2D eigenvalue weighted by atomic mass is 10.3. The van der Waals surface area contributed by atoms with Crippen molar-refractivity contribution in [2.75, 3.05) is 19.8 Å². The zero-order valence-corrected chi connectivity index (χ0v) is 10.5. The highest BCUT2D eigenvalue weighted by molar-refractivity contribution is 5.90. The standard InChI is InChI=1S/C11H20N4O2/c1-3-6-9-13-10(15-14-9)11(16)12-7-5-8-17-4-2/h3-8H2,1-2H3,(H,12,16)(H,13,14,15). The molecule has 0 aliphatic rings. The van der Waals surface area contributed by atoms with Crippen LogP contribution in [0.1, 0.15) is 43.1 Å². The maximum atomic E-state index is 11.6. The van der Waals surface area contributed by atoms with E-state index in [-0.39, 0.29) is 11.7 Å². The number of hydrogen-bond donors (Lipinski definition) is 2. The number of rotatable bonds is 8. The van der Waals surface area contributed by atoms with Crippen molar-refractivity contribution in [2.24, 2.45) is 0 Å². The third-order valence-corrected chi connectivity index (χ3v) is 2.18. The number of nitrogens with zero attached hydrogens (tertiary/aromatic N) is 2. The van der Waals surface area contributed by atoms with E-state index in [4.69, 9.17) is 4.74 Å². The molecule has 2 N–H and O–H groups in total. The first-order valence-corrected chi connectivity index (χ1v) is 6.05. The molecule has 0 bridgehead atoms. The van der Waals surface area contributed by atoms with Crippen molar-refractivity contribution in [3.8, 4) is 0 Å². The second-order valence-electron chi connectivity index (χ2n) is 3.66. The Morgan fingerprint density at radius 3 is 3.00 bits per heavy atom. The Kier molecular flexibility index (Phi) is 6.24. The first-order chi connectivity index (χ1) is 8.27. The molecule has 0 atom stereocenters. The molecule has 0 aliphatic heterocycles. The van der Waals surface area contributed by atoms with Gasteiger partial charge in [0.2, 0.25) is 5.82 Å². The Morgan fingerprint density at radius 1 is 1.47 bits per heavy atom. The number of aromatic amines is 1. The predicted octanol–water partition coefficient (Wildman–Crippen LogP) is 0.914. The summed E-state index contributed by atoms with van der Waals surface area (Å²) in [6.07, 6.45) is 2.58. The lowest BCUT2D eigenvalue weighted by Gasteiger charge is -2.02. The molecule has 6 nitrogen and oxygen atoms in total. The van der Waals surface area contributed by atoms with Crippen molar-refractivity contribution in [2.45, 2.75) is 33.1 Å². The minimum absolute atomic E-state index is 0.213. The normalized spacial score (nSPS) is 10.5. The van der Waals surface area contributed by atoms with E-state index in [1.165, 1.54) is 0 Å². The van der Waals surface area contributed by atoms with Gasteiger partial charge in [-0.1, -0.05) is 6.92 Å². The summed E-state index contributed by atoms with van der Waals surface area (Å²) in [5, 5.41) is 9.37. The molecule has 1 aromatic rings. The predicted molar refractivity (Wildman–Crippen MR) is 63.8 cm³/mol. The maximum absolute atomic E-state index is 11.6. The van der Waals surface area contributed by atoms with Crippen LogP contribution in [0.15, 0.2) is 0 Å². The van der Waals surface area contributed by atoms with Crippen molar-refractivity contribution in [1.82, 2.24) is 20.5 Å². The molecule has 0 fully saturated rings. The molecule has 1 rings (SSSR count). The van der Waals surface area contributed by atoms with Crippen molar-refractivity contribution < 1.29 is 9.53 Å². The van der Waals surface area contributed by atoms with E-state index in [1.54, 1.807) is 0 Å². The van der Waals surface area contributed by atoms with Crippen LogP contribution in [0.25, 0.3) is 0 Å². The summed E-state index contributed by atoms with van der Waals surface area (Å²) in [5.74, 6) is 0.733. The van der Waals surface area contributed by atoms with Crippen LogP contribution >= 0.6 is 0 Å². The van der Waals surface area contributed by atoms with Crippen LogP contribution in [0.2, 0.25) is 0 Å². The maximum Gasteiger partial charge on any atom is 0.290 e. The number of H-pyrrole nitrogens is 1. The van der Waals surface area contributed by atoms with Crippen molar-refractivity contribution in [1.29, 1.82) is 0 Å². The fourth-order valence-corrected chi connectivity index (χ4v) is 1.35. The van der Waals surface area contributed by atoms with E-state index >= 15 is 0 Å². The molecule has 1 amide bonds. The summed E-state index contributed by atoms with van der Waals surface area (Å²) in [4.78, 5) is 15.7. The molecular weight excluding hydrogens is 220 g/mol. The first kappa shape index (κ1) is 13.6. The smallest absolute Gasteiger partial charge is 0.290 e. The fraction of sp³-hybridized carbons (Fsp3) is 0.727. The highest BCUT2D eigenvalue weighted by Crippen LogP contribution is 1.96. The van der Waals surface area contributed by atoms with Crippen LogP contribution < -0.4 is 5.32 Å². The molecule has 0 saturated heterocycles. The summed E-state index contributed by atoms with van der Waals surface area (Å²) < 4.78 is 5.17. The third kappa shape index (κ3) is 4.95. The van der Waals surface area contributed by atoms with E-state index in [2.05, 4.69) is 27.4 Å². The molecule has 96 valence electrons. The van der Waals surface area contributed by atoms with Gasteiger partial charge < -0.3 is 10.1 Å². The molecule has 0 aliphatic carbocycles. The Balaban J connectivity index is 2.26. The van der Waals surface area contributed by atoms with Gasteiger partial charge in [-0.2, -0.15) is 0 Å². The Bertz CT molecular complexity index is 338. The van der Waals surface area contributed by atoms with Gasteiger partial charge in [-0.15, -0.1) is 5.10 Å². The van der Waals surface area contributed by atoms with Gasteiger partial charge >= 0.3 is 0 Å². The summed E-state index contributed by atoms with van der Waals surface area (Å²) >= 11 is 0. The van der Waals surface area contributed by atoms with Crippen molar-refractivity contribution in [3.05, 3.63) is 11.6 Å². The van der Waals surface area contributed by atoms with Crippen molar-refractivity contribution >= 4 is 5.91 Å².